The van der Waals surface area contributed by atoms with Crippen molar-refractivity contribution in [1.29, 1.82) is 0 Å². The zero-order valence-corrected chi connectivity index (χ0v) is 9.73. The van der Waals surface area contributed by atoms with Gasteiger partial charge >= 0.3 is 5.97 Å². The fourth-order valence-corrected chi connectivity index (χ4v) is 1.14. The molecular formula is C10H17N3O3. The Bertz CT molecular complexity index is 349. The maximum Gasteiger partial charge on any atom is 0.320 e. The minimum Gasteiger partial charge on any atom is -0.480 e. The predicted molar refractivity (Wildman–Crippen MR) is 56.8 cm³/mol. The highest BCUT2D eigenvalue weighted by molar-refractivity contribution is 5.72. The van der Waals surface area contributed by atoms with Crippen LogP contribution in [0.3, 0.4) is 0 Å². The van der Waals surface area contributed by atoms with E-state index in [1.54, 1.807) is 6.92 Å². The first-order valence-electron chi connectivity index (χ1n) is 5.26. The quantitative estimate of drug-likeness (QED) is 0.748. The lowest BCUT2D eigenvalue weighted by molar-refractivity contribution is -0.139. The van der Waals surface area contributed by atoms with E-state index < -0.39 is 12.0 Å². The molecule has 0 aliphatic rings. The molecule has 0 saturated carbocycles. The highest BCUT2D eigenvalue weighted by Crippen LogP contribution is 2.04. The van der Waals surface area contributed by atoms with E-state index in [-0.39, 0.29) is 6.54 Å². The Hall–Kier alpha value is -1.43. The van der Waals surface area contributed by atoms with E-state index in [0.717, 1.165) is 6.42 Å². The fraction of sp³-hybridized carbons (Fsp3) is 0.700. The van der Waals surface area contributed by atoms with E-state index in [2.05, 4.69) is 29.3 Å². The normalized spacial score (nSPS) is 13.0. The predicted octanol–water partition coefficient (Wildman–Crippen LogP) is 0.831. The van der Waals surface area contributed by atoms with Crippen molar-refractivity contribution in [3.63, 3.8) is 0 Å². The maximum absolute atomic E-state index is 10.5. The van der Waals surface area contributed by atoms with Crippen LogP contribution in [0, 0.1) is 5.92 Å². The number of carboxylic acid groups (broad SMARTS) is 1. The lowest BCUT2D eigenvalue weighted by Gasteiger charge is -2.05. The first kappa shape index (κ1) is 12.6. The van der Waals surface area contributed by atoms with E-state index in [1.807, 2.05) is 0 Å². The van der Waals surface area contributed by atoms with Crippen LogP contribution >= 0.6 is 0 Å². The van der Waals surface area contributed by atoms with Gasteiger partial charge in [-0.2, -0.15) is 4.98 Å². The molecule has 1 aromatic rings. The number of hydrogen-bond acceptors (Lipinski definition) is 5. The highest BCUT2D eigenvalue weighted by Gasteiger charge is 2.12. The van der Waals surface area contributed by atoms with Crippen molar-refractivity contribution in [2.75, 3.05) is 0 Å². The van der Waals surface area contributed by atoms with E-state index >= 15 is 0 Å². The third-order valence-electron chi connectivity index (χ3n) is 2.03. The summed E-state index contributed by atoms with van der Waals surface area (Å²) in [5.41, 5.74) is 0. The number of carbonyl (C=O) groups is 1. The minimum absolute atomic E-state index is 0.276. The molecule has 1 atom stereocenters. The summed E-state index contributed by atoms with van der Waals surface area (Å²) in [6, 6.07) is -0.625. The molecule has 1 aromatic heterocycles. The highest BCUT2D eigenvalue weighted by atomic mass is 16.5. The van der Waals surface area contributed by atoms with Crippen LogP contribution in [0.4, 0.5) is 0 Å². The van der Waals surface area contributed by atoms with Gasteiger partial charge in [-0.1, -0.05) is 19.0 Å². The number of aromatic nitrogens is 2. The second kappa shape index (κ2) is 5.60. The lowest BCUT2D eigenvalue weighted by Crippen LogP contribution is -2.33. The molecule has 1 heterocycles. The average molecular weight is 227 g/mol. The second-order valence-corrected chi connectivity index (χ2v) is 4.14. The molecule has 0 radical (unpaired) electrons. The summed E-state index contributed by atoms with van der Waals surface area (Å²) in [5, 5.41) is 15.2. The average Bonchev–Trinajstić information content (AvgIpc) is 2.60. The zero-order valence-electron chi connectivity index (χ0n) is 9.73. The molecule has 2 N–H and O–H groups in total. The van der Waals surface area contributed by atoms with Crippen LogP contribution in [-0.2, 0) is 17.8 Å². The molecule has 0 unspecified atom stereocenters. The molecule has 0 saturated heterocycles. The first-order valence-corrected chi connectivity index (χ1v) is 5.26. The van der Waals surface area contributed by atoms with Crippen molar-refractivity contribution in [3.05, 3.63) is 11.7 Å². The van der Waals surface area contributed by atoms with Crippen molar-refractivity contribution in [3.8, 4) is 0 Å². The molecule has 90 valence electrons. The summed E-state index contributed by atoms with van der Waals surface area (Å²) in [7, 11) is 0. The summed E-state index contributed by atoms with van der Waals surface area (Å²) in [6.07, 6.45) is 0.762. The van der Waals surface area contributed by atoms with E-state index in [4.69, 9.17) is 9.63 Å². The Labute approximate surface area is 94.0 Å². The number of nitrogens with one attached hydrogen (secondary N) is 1. The van der Waals surface area contributed by atoms with Crippen LogP contribution in [0.25, 0.3) is 0 Å². The van der Waals surface area contributed by atoms with E-state index in [0.29, 0.717) is 17.6 Å². The van der Waals surface area contributed by atoms with Crippen LogP contribution in [0.15, 0.2) is 4.52 Å². The van der Waals surface area contributed by atoms with Crippen LogP contribution in [-0.4, -0.2) is 27.3 Å². The SMILES string of the molecule is CC(C)Cc1noc(CN[C@@H](C)C(=O)O)n1. The number of carboxylic acids is 1. The molecule has 0 amide bonds. The van der Waals surface area contributed by atoms with Crippen molar-refractivity contribution in [2.45, 2.75) is 39.8 Å². The topological polar surface area (TPSA) is 88.2 Å². The first-order chi connectivity index (χ1) is 7.49. The molecule has 6 heteroatoms. The fourth-order valence-electron chi connectivity index (χ4n) is 1.14. The van der Waals surface area contributed by atoms with Gasteiger partial charge < -0.3 is 9.63 Å². The molecule has 0 aliphatic heterocycles. The summed E-state index contributed by atoms with van der Waals surface area (Å²) < 4.78 is 4.98. The van der Waals surface area contributed by atoms with Gasteiger partial charge in [0.05, 0.1) is 6.54 Å². The minimum atomic E-state index is -0.901. The lowest BCUT2D eigenvalue weighted by atomic mass is 10.1. The van der Waals surface area contributed by atoms with Gasteiger partial charge in [-0.05, 0) is 12.8 Å². The van der Waals surface area contributed by atoms with Gasteiger partial charge in [-0.15, -0.1) is 0 Å². The van der Waals surface area contributed by atoms with Crippen LogP contribution in [0.2, 0.25) is 0 Å². The molecule has 0 aliphatic carbocycles. The molecule has 0 bridgehead atoms. The Morgan fingerprint density at radius 2 is 2.19 bits per heavy atom. The van der Waals surface area contributed by atoms with Gasteiger partial charge in [0.2, 0.25) is 5.89 Å². The Balaban J connectivity index is 2.43. The number of hydrogen-bond donors (Lipinski definition) is 2. The van der Waals surface area contributed by atoms with Crippen LogP contribution in [0.1, 0.15) is 32.5 Å². The molecule has 0 fully saturated rings. The van der Waals surface area contributed by atoms with Gasteiger partial charge in [-0.25, -0.2) is 0 Å². The third-order valence-corrected chi connectivity index (χ3v) is 2.03. The summed E-state index contributed by atoms with van der Waals surface area (Å²) in [4.78, 5) is 14.7. The van der Waals surface area contributed by atoms with Crippen molar-refractivity contribution >= 4 is 5.97 Å². The van der Waals surface area contributed by atoms with Crippen molar-refractivity contribution < 1.29 is 14.4 Å². The molecule has 6 nitrogen and oxygen atoms in total. The second-order valence-electron chi connectivity index (χ2n) is 4.14. The smallest absolute Gasteiger partial charge is 0.320 e. The van der Waals surface area contributed by atoms with Gasteiger partial charge in [0, 0.05) is 6.42 Å². The Morgan fingerprint density at radius 3 is 2.75 bits per heavy atom. The molecular weight excluding hydrogens is 210 g/mol. The largest absolute Gasteiger partial charge is 0.480 e. The molecule has 1 rings (SSSR count). The van der Waals surface area contributed by atoms with Gasteiger partial charge in [-0.3, -0.25) is 10.1 Å². The number of nitrogens with zero attached hydrogens (tertiary/aromatic N) is 2. The van der Waals surface area contributed by atoms with E-state index in [9.17, 15) is 4.79 Å². The van der Waals surface area contributed by atoms with Gasteiger partial charge in [0.25, 0.3) is 0 Å². The summed E-state index contributed by atoms with van der Waals surface area (Å²) >= 11 is 0. The van der Waals surface area contributed by atoms with Gasteiger partial charge in [0.1, 0.15) is 6.04 Å². The zero-order chi connectivity index (χ0) is 12.1. The standard InChI is InChI=1S/C10H17N3O3/c1-6(2)4-8-12-9(16-13-8)5-11-7(3)10(14)15/h6-7,11H,4-5H2,1-3H3,(H,14,15)/t7-/m0/s1. The number of rotatable bonds is 6. The third kappa shape index (κ3) is 3.98. The van der Waals surface area contributed by atoms with Gasteiger partial charge in [0.15, 0.2) is 5.82 Å². The monoisotopic (exact) mass is 227 g/mol. The summed E-state index contributed by atoms with van der Waals surface area (Å²) in [5.74, 6) is 0.650. The van der Waals surface area contributed by atoms with E-state index in [1.165, 1.54) is 0 Å². The molecule has 0 spiro atoms. The summed E-state index contributed by atoms with van der Waals surface area (Å²) in [6.45, 7) is 5.98. The number of aliphatic carboxylic acids is 1. The maximum atomic E-state index is 10.5. The molecule has 16 heavy (non-hydrogen) atoms. The molecule has 0 aromatic carbocycles. The van der Waals surface area contributed by atoms with Crippen molar-refractivity contribution in [2.24, 2.45) is 5.92 Å². The Morgan fingerprint density at radius 1 is 1.50 bits per heavy atom. The van der Waals surface area contributed by atoms with Crippen LogP contribution < -0.4 is 5.32 Å². The van der Waals surface area contributed by atoms with Crippen LogP contribution in [0.5, 0.6) is 0 Å². The van der Waals surface area contributed by atoms with Crippen molar-refractivity contribution in [1.82, 2.24) is 15.5 Å². The Kier molecular flexibility index (Phi) is 4.42.